The molecule has 0 aromatic carbocycles. The van der Waals surface area contributed by atoms with E-state index < -0.39 is 0 Å². The largest absolute Gasteiger partial charge is 0.371 e. The summed E-state index contributed by atoms with van der Waals surface area (Å²) in [6.07, 6.45) is 4.31. The van der Waals surface area contributed by atoms with Crippen LogP contribution in [0.15, 0.2) is 30.6 Å². The Morgan fingerprint density at radius 3 is 2.88 bits per heavy atom. The van der Waals surface area contributed by atoms with Crippen molar-refractivity contribution in [3.8, 4) is 0 Å². The first-order valence-corrected chi connectivity index (χ1v) is 8.50. The first-order chi connectivity index (χ1) is 11.5. The van der Waals surface area contributed by atoms with Crippen molar-refractivity contribution in [3.05, 3.63) is 53.1 Å². The van der Waals surface area contributed by atoms with E-state index in [2.05, 4.69) is 16.5 Å². The SMILES string of the molecule is CCn1c(C)cc(C(=O)N(C)[C@H]2CCO[C@@H]2c2cccnc2)c1C. The van der Waals surface area contributed by atoms with E-state index in [0.717, 1.165) is 35.5 Å². The van der Waals surface area contributed by atoms with Crippen LogP contribution in [0.2, 0.25) is 0 Å². The van der Waals surface area contributed by atoms with Gasteiger partial charge in [-0.3, -0.25) is 9.78 Å². The summed E-state index contributed by atoms with van der Waals surface area (Å²) in [5, 5.41) is 0. The molecule has 24 heavy (non-hydrogen) atoms. The van der Waals surface area contributed by atoms with E-state index in [-0.39, 0.29) is 18.1 Å². The van der Waals surface area contributed by atoms with Gasteiger partial charge in [0.1, 0.15) is 6.10 Å². The molecule has 2 atom stereocenters. The smallest absolute Gasteiger partial charge is 0.255 e. The number of aryl methyl sites for hydroxylation is 1. The van der Waals surface area contributed by atoms with Gasteiger partial charge in [-0.1, -0.05) is 6.07 Å². The second-order valence-corrected chi connectivity index (χ2v) is 6.38. The highest BCUT2D eigenvalue weighted by Crippen LogP contribution is 2.33. The lowest BCUT2D eigenvalue weighted by atomic mass is 10.0. The Morgan fingerprint density at radius 1 is 1.46 bits per heavy atom. The monoisotopic (exact) mass is 327 g/mol. The molecule has 0 radical (unpaired) electrons. The average molecular weight is 327 g/mol. The van der Waals surface area contributed by atoms with Crippen LogP contribution in [0.25, 0.3) is 0 Å². The van der Waals surface area contributed by atoms with Gasteiger partial charge in [-0.05, 0) is 39.3 Å². The molecule has 1 aliphatic heterocycles. The van der Waals surface area contributed by atoms with Crippen LogP contribution < -0.4 is 0 Å². The first kappa shape index (κ1) is 16.7. The molecular formula is C19H25N3O2. The Labute approximate surface area is 143 Å². The van der Waals surface area contributed by atoms with E-state index in [1.54, 1.807) is 6.20 Å². The van der Waals surface area contributed by atoms with E-state index in [0.29, 0.717) is 6.61 Å². The number of nitrogens with zero attached hydrogens (tertiary/aromatic N) is 3. The summed E-state index contributed by atoms with van der Waals surface area (Å²) in [5.74, 6) is 0.0622. The zero-order chi connectivity index (χ0) is 17.3. The standard InChI is InChI=1S/C19H25N3O2/c1-5-22-13(2)11-16(14(22)3)19(23)21(4)17-8-10-24-18(17)15-7-6-9-20-12-15/h6-7,9,11-12,17-18H,5,8,10H2,1-4H3/t17-,18+/m0/s1. The minimum absolute atomic E-state index is 0.0337. The van der Waals surface area contributed by atoms with Gasteiger partial charge in [0.25, 0.3) is 5.91 Å². The number of rotatable bonds is 4. The Kier molecular flexibility index (Phi) is 4.71. The fraction of sp³-hybridized carbons (Fsp3) is 0.474. The normalized spacial score (nSPS) is 20.3. The van der Waals surface area contributed by atoms with Gasteiger partial charge in [-0.25, -0.2) is 0 Å². The minimum atomic E-state index is -0.109. The molecule has 5 nitrogen and oxygen atoms in total. The molecular weight excluding hydrogens is 302 g/mol. The van der Waals surface area contributed by atoms with Crippen molar-refractivity contribution in [2.24, 2.45) is 0 Å². The molecule has 0 N–H and O–H groups in total. The average Bonchev–Trinajstić information content (AvgIpc) is 3.19. The van der Waals surface area contributed by atoms with Crippen LogP contribution in [0.4, 0.5) is 0 Å². The van der Waals surface area contributed by atoms with Gasteiger partial charge in [0.15, 0.2) is 0 Å². The molecule has 1 amide bonds. The van der Waals surface area contributed by atoms with Gasteiger partial charge in [0, 0.05) is 49.5 Å². The van der Waals surface area contributed by atoms with Crippen LogP contribution in [-0.2, 0) is 11.3 Å². The summed E-state index contributed by atoms with van der Waals surface area (Å²) < 4.78 is 8.07. The Morgan fingerprint density at radius 2 is 2.25 bits per heavy atom. The lowest BCUT2D eigenvalue weighted by Crippen LogP contribution is -2.39. The van der Waals surface area contributed by atoms with E-state index in [1.165, 1.54) is 0 Å². The third-order valence-electron chi connectivity index (χ3n) is 5.01. The molecule has 2 aromatic heterocycles. The molecule has 1 aliphatic rings. The highest BCUT2D eigenvalue weighted by molar-refractivity contribution is 5.95. The van der Waals surface area contributed by atoms with Crippen LogP contribution >= 0.6 is 0 Å². The Hall–Kier alpha value is -2.14. The van der Waals surface area contributed by atoms with Gasteiger partial charge >= 0.3 is 0 Å². The number of likely N-dealkylation sites (N-methyl/N-ethyl adjacent to an activating group) is 1. The third-order valence-corrected chi connectivity index (χ3v) is 5.01. The van der Waals surface area contributed by atoms with E-state index in [9.17, 15) is 4.79 Å². The van der Waals surface area contributed by atoms with Crippen LogP contribution in [0.1, 0.15) is 46.8 Å². The predicted molar refractivity (Wildman–Crippen MR) is 93.0 cm³/mol. The predicted octanol–water partition coefficient (Wildman–Crippen LogP) is 3.12. The van der Waals surface area contributed by atoms with Gasteiger partial charge < -0.3 is 14.2 Å². The molecule has 0 saturated carbocycles. The number of aromatic nitrogens is 2. The lowest BCUT2D eigenvalue weighted by molar-refractivity contribution is 0.0514. The molecule has 128 valence electrons. The number of ether oxygens (including phenoxy) is 1. The second-order valence-electron chi connectivity index (χ2n) is 6.38. The number of carbonyl (C=O) groups excluding carboxylic acids is 1. The van der Waals surface area contributed by atoms with Crippen molar-refractivity contribution in [2.45, 2.75) is 45.9 Å². The van der Waals surface area contributed by atoms with Crippen molar-refractivity contribution in [2.75, 3.05) is 13.7 Å². The summed E-state index contributed by atoms with van der Waals surface area (Å²) in [6.45, 7) is 7.70. The highest BCUT2D eigenvalue weighted by atomic mass is 16.5. The molecule has 2 aromatic rings. The minimum Gasteiger partial charge on any atom is -0.371 e. The maximum absolute atomic E-state index is 13.1. The lowest BCUT2D eigenvalue weighted by Gasteiger charge is -2.28. The molecule has 3 heterocycles. The molecule has 0 aliphatic carbocycles. The molecule has 5 heteroatoms. The van der Waals surface area contributed by atoms with Crippen molar-refractivity contribution >= 4 is 5.91 Å². The first-order valence-electron chi connectivity index (χ1n) is 8.50. The number of carbonyl (C=O) groups is 1. The summed E-state index contributed by atoms with van der Waals surface area (Å²) >= 11 is 0. The van der Waals surface area contributed by atoms with E-state index >= 15 is 0 Å². The van der Waals surface area contributed by atoms with Crippen molar-refractivity contribution in [1.29, 1.82) is 0 Å². The molecule has 1 saturated heterocycles. The zero-order valence-electron chi connectivity index (χ0n) is 14.8. The number of pyridine rings is 1. The number of hydrogen-bond acceptors (Lipinski definition) is 3. The van der Waals surface area contributed by atoms with Crippen molar-refractivity contribution in [1.82, 2.24) is 14.5 Å². The van der Waals surface area contributed by atoms with E-state index in [4.69, 9.17) is 4.74 Å². The molecule has 0 bridgehead atoms. The summed E-state index contributed by atoms with van der Waals surface area (Å²) in [6, 6.07) is 5.94. The summed E-state index contributed by atoms with van der Waals surface area (Å²) in [5.41, 5.74) is 3.97. The van der Waals surface area contributed by atoms with Crippen LogP contribution in [0, 0.1) is 13.8 Å². The van der Waals surface area contributed by atoms with Crippen LogP contribution in [0.5, 0.6) is 0 Å². The Bertz CT molecular complexity index is 724. The Balaban J connectivity index is 1.85. The third kappa shape index (κ3) is 2.84. The molecule has 3 rings (SSSR count). The van der Waals surface area contributed by atoms with Crippen LogP contribution in [-0.4, -0.2) is 40.1 Å². The summed E-state index contributed by atoms with van der Waals surface area (Å²) in [4.78, 5) is 19.1. The highest BCUT2D eigenvalue weighted by Gasteiger charge is 2.36. The van der Waals surface area contributed by atoms with E-state index in [1.807, 2.05) is 50.2 Å². The van der Waals surface area contributed by atoms with Gasteiger partial charge in [-0.2, -0.15) is 0 Å². The molecule has 1 fully saturated rings. The topological polar surface area (TPSA) is 47.4 Å². The van der Waals surface area contributed by atoms with Crippen molar-refractivity contribution in [3.63, 3.8) is 0 Å². The van der Waals surface area contributed by atoms with Gasteiger partial charge in [0.2, 0.25) is 0 Å². The fourth-order valence-corrected chi connectivity index (χ4v) is 3.68. The molecule has 0 unspecified atom stereocenters. The van der Waals surface area contributed by atoms with Gasteiger partial charge in [-0.15, -0.1) is 0 Å². The summed E-state index contributed by atoms with van der Waals surface area (Å²) in [7, 11) is 1.88. The molecule has 0 spiro atoms. The maximum atomic E-state index is 13.1. The fourth-order valence-electron chi connectivity index (χ4n) is 3.68. The zero-order valence-corrected chi connectivity index (χ0v) is 14.8. The second kappa shape index (κ2) is 6.77. The number of hydrogen-bond donors (Lipinski definition) is 0. The number of amides is 1. The van der Waals surface area contributed by atoms with Gasteiger partial charge in [0.05, 0.1) is 11.6 Å². The van der Waals surface area contributed by atoms with Crippen LogP contribution in [0.3, 0.4) is 0 Å². The maximum Gasteiger partial charge on any atom is 0.255 e. The van der Waals surface area contributed by atoms with Crippen molar-refractivity contribution < 1.29 is 9.53 Å². The quantitative estimate of drug-likeness (QED) is 0.867.